The highest BCUT2D eigenvalue weighted by atomic mass is 16.5. The fourth-order valence-electron chi connectivity index (χ4n) is 5.26. The van der Waals surface area contributed by atoms with Crippen LogP contribution in [0.2, 0.25) is 0 Å². The molecule has 7 nitrogen and oxygen atoms in total. The van der Waals surface area contributed by atoms with Gasteiger partial charge in [0.05, 0.1) is 18.2 Å². The Morgan fingerprint density at radius 3 is 2.89 bits per heavy atom. The van der Waals surface area contributed by atoms with Gasteiger partial charge in [0, 0.05) is 56.8 Å². The van der Waals surface area contributed by atoms with E-state index in [1.165, 1.54) is 0 Å². The van der Waals surface area contributed by atoms with Crippen molar-refractivity contribution in [1.82, 2.24) is 20.5 Å². The molecule has 28 heavy (non-hydrogen) atoms. The maximum atomic E-state index is 12.3. The van der Waals surface area contributed by atoms with Crippen molar-refractivity contribution >= 4 is 11.8 Å². The second-order valence-electron chi connectivity index (χ2n) is 8.31. The van der Waals surface area contributed by atoms with E-state index in [9.17, 15) is 9.59 Å². The number of hydrogen-bond donors (Lipinski definition) is 2. The molecule has 2 N–H and O–H groups in total. The van der Waals surface area contributed by atoms with Crippen molar-refractivity contribution in [3.05, 3.63) is 30.1 Å². The second kappa shape index (κ2) is 8.17. The zero-order chi connectivity index (χ0) is 19.6. The highest BCUT2D eigenvalue weighted by Crippen LogP contribution is 2.54. The lowest BCUT2D eigenvalue weighted by Crippen LogP contribution is -2.41. The lowest BCUT2D eigenvalue weighted by atomic mass is 9.73. The average Bonchev–Trinajstić information content (AvgIpc) is 3.33. The molecular formula is C21H30N4O3. The van der Waals surface area contributed by atoms with Gasteiger partial charge in [-0.05, 0) is 43.9 Å². The first-order valence-electron chi connectivity index (χ1n) is 10.4. The first-order valence-corrected chi connectivity index (χ1v) is 10.4. The van der Waals surface area contributed by atoms with Crippen molar-refractivity contribution in [1.29, 1.82) is 0 Å². The molecule has 4 atom stereocenters. The lowest BCUT2D eigenvalue weighted by molar-refractivity contribution is -0.122. The third-order valence-electron chi connectivity index (χ3n) is 6.52. The molecule has 3 aliphatic rings. The maximum absolute atomic E-state index is 12.3. The third-order valence-corrected chi connectivity index (χ3v) is 6.52. The van der Waals surface area contributed by atoms with E-state index in [-0.39, 0.29) is 23.5 Å². The van der Waals surface area contributed by atoms with Crippen molar-refractivity contribution < 1.29 is 14.3 Å². The summed E-state index contributed by atoms with van der Waals surface area (Å²) in [5, 5.41) is 6.01. The van der Waals surface area contributed by atoms with Crippen LogP contribution in [-0.2, 0) is 20.7 Å². The number of rotatable bonds is 8. The molecule has 0 aromatic carbocycles. The van der Waals surface area contributed by atoms with Crippen molar-refractivity contribution in [3.63, 3.8) is 0 Å². The predicted molar refractivity (Wildman–Crippen MR) is 105 cm³/mol. The highest BCUT2D eigenvalue weighted by Gasteiger charge is 2.62. The van der Waals surface area contributed by atoms with Crippen LogP contribution in [0.25, 0.3) is 0 Å². The molecule has 4 rings (SSSR count). The molecule has 2 bridgehead atoms. The summed E-state index contributed by atoms with van der Waals surface area (Å²) in [6.07, 6.45) is 7.10. The normalized spacial score (nSPS) is 31.0. The number of amides is 2. The van der Waals surface area contributed by atoms with Crippen molar-refractivity contribution in [2.24, 2.45) is 11.8 Å². The van der Waals surface area contributed by atoms with Gasteiger partial charge >= 0.3 is 0 Å². The topological polar surface area (TPSA) is 83.6 Å². The number of pyridine rings is 1. The van der Waals surface area contributed by atoms with Crippen LogP contribution in [0, 0.1) is 11.8 Å². The third kappa shape index (κ3) is 3.91. The van der Waals surface area contributed by atoms with Gasteiger partial charge in [0.15, 0.2) is 0 Å². The number of nitrogens with one attached hydrogen (secondary N) is 2. The van der Waals surface area contributed by atoms with Crippen molar-refractivity contribution in [3.8, 4) is 0 Å². The van der Waals surface area contributed by atoms with E-state index in [1.807, 2.05) is 19.1 Å². The molecule has 4 heterocycles. The van der Waals surface area contributed by atoms with Gasteiger partial charge in [-0.25, -0.2) is 0 Å². The zero-order valence-corrected chi connectivity index (χ0v) is 16.5. The molecule has 1 aromatic rings. The van der Waals surface area contributed by atoms with Gasteiger partial charge in [-0.1, -0.05) is 0 Å². The monoisotopic (exact) mass is 386 g/mol. The molecule has 3 aliphatic heterocycles. The Bertz CT molecular complexity index is 713. The van der Waals surface area contributed by atoms with E-state index in [0.717, 1.165) is 37.9 Å². The van der Waals surface area contributed by atoms with Gasteiger partial charge in [-0.2, -0.15) is 0 Å². The Labute approximate surface area is 166 Å². The van der Waals surface area contributed by atoms with Crippen LogP contribution in [0.15, 0.2) is 24.5 Å². The molecule has 1 aromatic heterocycles. The number of likely N-dealkylation sites (N-methyl/N-ethyl adjacent to an activating group) is 1. The smallest absolute Gasteiger partial charge is 0.234 e. The summed E-state index contributed by atoms with van der Waals surface area (Å²) in [6.45, 7) is 5.41. The minimum Gasteiger partial charge on any atom is -0.370 e. The Morgan fingerprint density at radius 2 is 2.11 bits per heavy atom. The van der Waals surface area contributed by atoms with E-state index in [1.54, 1.807) is 12.4 Å². The molecule has 3 saturated heterocycles. The fourth-order valence-corrected chi connectivity index (χ4v) is 5.26. The molecule has 1 spiro atoms. The van der Waals surface area contributed by atoms with Crippen LogP contribution < -0.4 is 10.6 Å². The summed E-state index contributed by atoms with van der Waals surface area (Å²) >= 11 is 0. The number of likely N-dealkylation sites (tertiary alicyclic amines) is 1. The first kappa shape index (κ1) is 19.3. The van der Waals surface area contributed by atoms with E-state index in [2.05, 4.69) is 20.5 Å². The quantitative estimate of drug-likeness (QED) is 0.689. The number of ether oxygens (including phenoxy) is 1. The molecule has 0 unspecified atom stereocenters. The highest BCUT2D eigenvalue weighted by molar-refractivity contribution is 5.78. The van der Waals surface area contributed by atoms with E-state index in [4.69, 9.17) is 4.74 Å². The molecule has 0 radical (unpaired) electrons. The van der Waals surface area contributed by atoms with Gasteiger partial charge in [-0.15, -0.1) is 0 Å². The van der Waals surface area contributed by atoms with E-state index >= 15 is 0 Å². The van der Waals surface area contributed by atoms with Gasteiger partial charge < -0.3 is 15.4 Å². The van der Waals surface area contributed by atoms with E-state index in [0.29, 0.717) is 37.9 Å². The number of hydrogen-bond acceptors (Lipinski definition) is 5. The summed E-state index contributed by atoms with van der Waals surface area (Å²) in [7, 11) is 0. The lowest BCUT2D eigenvalue weighted by Gasteiger charge is -2.29. The standard InChI is InChI=1S/C21H30N4O3/c1-2-23-20(27)13-25-12-17-16(18-5-8-21(17,14-25)28-18)11-24-19(26)4-3-15-6-9-22-10-7-15/h6-7,9-10,16-18H,2-5,8,11-14H2,1H3,(H,23,27)(H,24,26)/t16-,17+,18+,21+/m0/s1. The van der Waals surface area contributed by atoms with Crippen LogP contribution in [0.5, 0.6) is 0 Å². The number of carbonyl (C=O) groups is 2. The van der Waals surface area contributed by atoms with Gasteiger partial charge in [0.2, 0.25) is 11.8 Å². The van der Waals surface area contributed by atoms with Crippen LogP contribution in [-0.4, -0.2) is 66.1 Å². The summed E-state index contributed by atoms with van der Waals surface area (Å²) in [6, 6.07) is 3.89. The summed E-state index contributed by atoms with van der Waals surface area (Å²) in [4.78, 5) is 30.5. The first-order chi connectivity index (χ1) is 13.6. The minimum absolute atomic E-state index is 0.0781. The molecule has 7 heteroatoms. The van der Waals surface area contributed by atoms with Gasteiger partial charge in [0.1, 0.15) is 0 Å². The number of aryl methyl sites for hydroxylation is 1. The van der Waals surface area contributed by atoms with Gasteiger partial charge in [-0.3, -0.25) is 19.5 Å². The second-order valence-corrected chi connectivity index (χ2v) is 8.31. The number of carbonyl (C=O) groups excluding carboxylic acids is 2. The van der Waals surface area contributed by atoms with Crippen LogP contribution in [0.1, 0.15) is 31.7 Å². The Kier molecular flexibility index (Phi) is 5.64. The van der Waals surface area contributed by atoms with Crippen LogP contribution in [0.3, 0.4) is 0 Å². The molecule has 0 aliphatic carbocycles. The summed E-state index contributed by atoms with van der Waals surface area (Å²) in [5.74, 6) is 0.916. The zero-order valence-electron chi connectivity index (χ0n) is 16.5. The maximum Gasteiger partial charge on any atom is 0.234 e. The van der Waals surface area contributed by atoms with Crippen molar-refractivity contribution in [2.75, 3.05) is 32.7 Å². The summed E-state index contributed by atoms with van der Waals surface area (Å²) in [5.41, 5.74) is 1.02. The van der Waals surface area contributed by atoms with Crippen LogP contribution >= 0.6 is 0 Å². The van der Waals surface area contributed by atoms with E-state index < -0.39 is 0 Å². The minimum atomic E-state index is -0.108. The Hall–Kier alpha value is -1.99. The molecule has 3 fully saturated rings. The van der Waals surface area contributed by atoms with Gasteiger partial charge in [0.25, 0.3) is 0 Å². The molecule has 2 amide bonds. The average molecular weight is 386 g/mol. The van der Waals surface area contributed by atoms with Crippen molar-refractivity contribution in [2.45, 2.75) is 44.3 Å². The predicted octanol–water partition coefficient (Wildman–Crippen LogP) is 0.746. The molecular weight excluding hydrogens is 356 g/mol. The summed E-state index contributed by atoms with van der Waals surface area (Å²) < 4.78 is 6.40. The van der Waals surface area contributed by atoms with Crippen LogP contribution in [0.4, 0.5) is 0 Å². The Morgan fingerprint density at radius 1 is 1.29 bits per heavy atom. The molecule has 0 saturated carbocycles. The fraction of sp³-hybridized carbons (Fsp3) is 0.667. The SMILES string of the molecule is CCNC(=O)CN1C[C@@H]2[C@H](CNC(=O)CCc3ccncc3)[C@H]3CC[C@]2(C1)O3. The Balaban J connectivity index is 1.28. The largest absolute Gasteiger partial charge is 0.370 e. The number of nitrogens with zero attached hydrogens (tertiary/aromatic N) is 2. The number of aromatic nitrogens is 1. The molecule has 152 valence electrons. The number of fused-ring (bicyclic) bond motifs is 1.